The number of amides is 1. The van der Waals surface area contributed by atoms with E-state index in [-0.39, 0.29) is 18.1 Å². The first-order chi connectivity index (χ1) is 8.58. The lowest BCUT2D eigenvalue weighted by molar-refractivity contribution is -0.0707. The normalized spacial score (nSPS) is 25.1. The van der Waals surface area contributed by atoms with Crippen molar-refractivity contribution < 1.29 is 9.53 Å². The van der Waals surface area contributed by atoms with Crippen molar-refractivity contribution in [2.24, 2.45) is 5.84 Å². The van der Waals surface area contributed by atoms with Gasteiger partial charge in [0, 0.05) is 25.0 Å². The highest BCUT2D eigenvalue weighted by molar-refractivity contribution is 7.11. The lowest BCUT2D eigenvalue weighted by Gasteiger charge is -2.34. The van der Waals surface area contributed by atoms with Crippen LogP contribution in [0, 0.1) is 0 Å². The summed E-state index contributed by atoms with van der Waals surface area (Å²) in [6.07, 6.45) is 0.471. The van der Waals surface area contributed by atoms with Crippen molar-refractivity contribution in [1.82, 2.24) is 15.3 Å². The van der Waals surface area contributed by atoms with Crippen molar-refractivity contribution in [1.29, 1.82) is 0 Å². The van der Waals surface area contributed by atoms with E-state index in [9.17, 15) is 4.79 Å². The molecule has 3 N–H and O–H groups in total. The summed E-state index contributed by atoms with van der Waals surface area (Å²) < 4.78 is 5.67. The van der Waals surface area contributed by atoms with Gasteiger partial charge in [-0.2, -0.15) is 0 Å². The Balaban J connectivity index is 1.96. The molecule has 0 spiro atoms. The number of carbonyl (C=O) groups is 1. The van der Waals surface area contributed by atoms with Gasteiger partial charge in [0.15, 0.2) is 5.01 Å². The van der Waals surface area contributed by atoms with Crippen LogP contribution in [0.5, 0.6) is 0 Å². The molecule has 100 valence electrons. The van der Waals surface area contributed by atoms with Gasteiger partial charge in [-0.3, -0.25) is 15.1 Å². The molecule has 1 amide bonds. The number of ether oxygens (including phenoxy) is 1. The van der Waals surface area contributed by atoms with Gasteiger partial charge in [-0.1, -0.05) is 0 Å². The van der Waals surface area contributed by atoms with E-state index in [0.717, 1.165) is 25.3 Å². The molecule has 1 aromatic rings. The zero-order chi connectivity index (χ0) is 13.1. The second-order valence-electron chi connectivity index (χ2n) is 4.57. The number of hydrazine groups is 1. The Hall–Kier alpha value is -1.02. The van der Waals surface area contributed by atoms with Gasteiger partial charge in [0.2, 0.25) is 0 Å². The number of rotatable bonds is 3. The zero-order valence-electron chi connectivity index (χ0n) is 10.5. The number of carbonyl (C=O) groups excluding carboxylic acids is 1. The summed E-state index contributed by atoms with van der Waals surface area (Å²) in [5, 5.41) is 2.30. The fraction of sp³-hybridized carbons (Fsp3) is 0.636. The molecule has 1 fully saturated rings. The molecule has 0 aromatic carbocycles. The minimum absolute atomic E-state index is 0.235. The first-order valence-corrected chi connectivity index (χ1v) is 6.79. The molecule has 1 saturated heterocycles. The third-order valence-corrected chi connectivity index (χ3v) is 3.65. The highest BCUT2D eigenvalue weighted by Crippen LogP contribution is 2.16. The third-order valence-electron chi connectivity index (χ3n) is 2.76. The molecule has 18 heavy (non-hydrogen) atoms. The van der Waals surface area contributed by atoms with E-state index in [1.54, 1.807) is 0 Å². The number of nitrogens with zero attached hydrogens (tertiary/aromatic N) is 2. The molecule has 1 aliphatic heterocycles. The molecule has 0 unspecified atom stereocenters. The quantitative estimate of drug-likeness (QED) is 0.471. The van der Waals surface area contributed by atoms with Crippen LogP contribution < -0.4 is 11.3 Å². The number of nitrogens with one attached hydrogen (secondary N) is 1. The van der Waals surface area contributed by atoms with Gasteiger partial charge in [0.25, 0.3) is 5.91 Å². The minimum Gasteiger partial charge on any atom is -0.373 e. The minimum atomic E-state index is -0.338. The predicted octanol–water partition coefficient (Wildman–Crippen LogP) is 0.356. The fourth-order valence-corrected chi connectivity index (χ4v) is 2.90. The van der Waals surface area contributed by atoms with Crippen LogP contribution in [0.4, 0.5) is 0 Å². The lowest BCUT2D eigenvalue weighted by atomic mass is 10.2. The van der Waals surface area contributed by atoms with Gasteiger partial charge in [0.05, 0.1) is 17.9 Å². The van der Waals surface area contributed by atoms with Gasteiger partial charge in [-0.15, -0.1) is 11.3 Å². The number of hydrogen-bond donors (Lipinski definition) is 2. The Kier molecular flexibility index (Phi) is 4.28. The summed E-state index contributed by atoms with van der Waals surface area (Å²) in [5.74, 6) is 4.74. The number of hydrogen-bond acceptors (Lipinski definition) is 6. The van der Waals surface area contributed by atoms with Crippen LogP contribution in [0.1, 0.15) is 29.3 Å². The Labute approximate surface area is 110 Å². The van der Waals surface area contributed by atoms with E-state index in [1.165, 1.54) is 11.3 Å². The molecule has 1 aliphatic rings. The Bertz CT molecular complexity index is 413. The van der Waals surface area contributed by atoms with Crippen molar-refractivity contribution in [3.8, 4) is 0 Å². The van der Waals surface area contributed by atoms with Crippen LogP contribution >= 0.6 is 11.3 Å². The molecule has 2 heterocycles. The highest BCUT2D eigenvalue weighted by atomic mass is 32.1. The van der Waals surface area contributed by atoms with Crippen molar-refractivity contribution >= 4 is 17.2 Å². The predicted molar refractivity (Wildman–Crippen MR) is 69.1 cm³/mol. The second kappa shape index (κ2) is 5.75. The maximum absolute atomic E-state index is 11.3. The van der Waals surface area contributed by atoms with E-state index in [0.29, 0.717) is 5.01 Å². The average Bonchev–Trinajstić information content (AvgIpc) is 2.75. The Morgan fingerprint density at radius 1 is 1.61 bits per heavy atom. The Morgan fingerprint density at radius 2 is 2.28 bits per heavy atom. The monoisotopic (exact) mass is 270 g/mol. The van der Waals surface area contributed by atoms with Crippen LogP contribution in [-0.2, 0) is 11.3 Å². The van der Waals surface area contributed by atoms with E-state index in [2.05, 4.69) is 29.2 Å². The van der Waals surface area contributed by atoms with E-state index >= 15 is 0 Å². The molecular formula is C11H18N4O2S. The molecule has 1 aromatic heterocycles. The SMILES string of the molecule is C[C@@H]1CN(Cc2csc(C(=O)NN)n2)C[C@H](C)O1. The van der Waals surface area contributed by atoms with Crippen LogP contribution in [0.15, 0.2) is 5.38 Å². The van der Waals surface area contributed by atoms with Crippen molar-refractivity contribution in [3.05, 3.63) is 16.1 Å². The molecule has 2 rings (SSSR count). The van der Waals surface area contributed by atoms with Crippen LogP contribution in [0.2, 0.25) is 0 Å². The largest absolute Gasteiger partial charge is 0.373 e. The molecule has 2 atom stereocenters. The molecule has 0 bridgehead atoms. The van der Waals surface area contributed by atoms with Crippen LogP contribution in [-0.4, -0.2) is 41.1 Å². The number of morpholine rings is 1. The summed E-state index contributed by atoms with van der Waals surface area (Å²) in [7, 11) is 0. The molecule has 0 radical (unpaired) electrons. The number of thiazole rings is 1. The first kappa shape index (κ1) is 13.4. The van der Waals surface area contributed by atoms with Gasteiger partial charge < -0.3 is 4.74 Å². The summed E-state index contributed by atoms with van der Waals surface area (Å²) in [4.78, 5) is 17.9. The van der Waals surface area contributed by atoms with Crippen molar-refractivity contribution in [3.63, 3.8) is 0 Å². The van der Waals surface area contributed by atoms with Gasteiger partial charge in [-0.05, 0) is 13.8 Å². The fourth-order valence-electron chi connectivity index (χ4n) is 2.19. The average molecular weight is 270 g/mol. The molecule has 7 heteroatoms. The first-order valence-electron chi connectivity index (χ1n) is 5.91. The highest BCUT2D eigenvalue weighted by Gasteiger charge is 2.23. The van der Waals surface area contributed by atoms with E-state index in [1.807, 2.05) is 5.38 Å². The van der Waals surface area contributed by atoms with Gasteiger partial charge in [-0.25, -0.2) is 10.8 Å². The maximum Gasteiger partial charge on any atom is 0.294 e. The molecule has 0 aliphatic carbocycles. The summed E-state index contributed by atoms with van der Waals surface area (Å²) in [6.45, 7) is 6.65. The third kappa shape index (κ3) is 3.26. The van der Waals surface area contributed by atoms with Crippen LogP contribution in [0.25, 0.3) is 0 Å². The second-order valence-corrected chi connectivity index (χ2v) is 5.43. The van der Waals surface area contributed by atoms with E-state index in [4.69, 9.17) is 10.6 Å². The standard InChI is InChI=1S/C11H18N4O2S/c1-7-3-15(4-8(2)17-7)5-9-6-18-11(13-9)10(16)14-12/h6-8H,3-5,12H2,1-2H3,(H,14,16)/t7-,8+. The maximum atomic E-state index is 11.3. The summed E-state index contributed by atoms with van der Waals surface area (Å²) in [5.41, 5.74) is 2.99. The summed E-state index contributed by atoms with van der Waals surface area (Å²) in [6, 6.07) is 0. The molecule has 0 saturated carbocycles. The van der Waals surface area contributed by atoms with Gasteiger partial charge >= 0.3 is 0 Å². The van der Waals surface area contributed by atoms with Gasteiger partial charge in [0.1, 0.15) is 0 Å². The van der Waals surface area contributed by atoms with E-state index < -0.39 is 0 Å². The number of nitrogens with two attached hydrogens (primary N) is 1. The number of nitrogen functional groups attached to an aromatic ring is 1. The smallest absolute Gasteiger partial charge is 0.294 e. The lowest BCUT2D eigenvalue weighted by Crippen LogP contribution is -2.44. The van der Waals surface area contributed by atoms with Crippen molar-refractivity contribution in [2.45, 2.75) is 32.6 Å². The topological polar surface area (TPSA) is 80.5 Å². The zero-order valence-corrected chi connectivity index (χ0v) is 11.4. The number of aromatic nitrogens is 1. The van der Waals surface area contributed by atoms with Crippen LogP contribution in [0.3, 0.4) is 0 Å². The molecular weight excluding hydrogens is 252 g/mol. The molecule has 6 nitrogen and oxygen atoms in total. The summed E-state index contributed by atoms with van der Waals surface area (Å²) >= 11 is 1.31. The Morgan fingerprint density at radius 3 is 2.89 bits per heavy atom. The van der Waals surface area contributed by atoms with Crippen molar-refractivity contribution in [2.75, 3.05) is 13.1 Å².